The van der Waals surface area contributed by atoms with Crippen molar-refractivity contribution in [1.82, 2.24) is 56.8 Å². The lowest BCUT2D eigenvalue weighted by atomic mass is 9.91. The van der Waals surface area contributed by atoms with Crippen molar-refractivity contribution in [2.75, 3.05) is 45.3 Å². The van der Waals surface area contributed by atoms with Crippen LogP contribution < -0.4 is 37.2 Å². The number of carbonyl (C=O) groups excluding carboxylic acids is 16. The first-order chi connectivity index (χ1) is 65.9. The second kappa shape index (κ2) is 58.3. The number of nitrogens with zero attached hydrogens (tertiary/aromatic N) is 4. The molecule has 3 aliphatic rings. The number of Topliss-reactive ketones (excluding diaryl/α,β-unsaturated/α-hetero) is 3. The van der Waals surface area contributed by atoms with Gasteiger partial charge in [0.05, 0.1) is 55.2 Å². The Hall–Kier alpha value is -11.9. The molecule has 140 heavy (non-hydrogen) atoms. The molecule has 0 aliphatic carbocycles. The number of fused-ring (bicyclic) bond motifs is 1. The van der Waals surface area contributed by atoms with Gasteiger partial charge in [-0.1, -0.05) is 144 Å². The minimum Gasteiger partial charge on any atom is -0.481 e. The summed E-state index contributed by atoms with van der Waals surface area (Å²) in [5.74, 6) is -26.7. The number of esters is 2. The van der Waals surface area contributed by atoms with Gasteiger partial charge in [0.25, 0.3) is 12.4 Å². The van der Waals surface area contributed by atoms with Crippen LogP contribution in [0.2, 0.25) is 0 Å². The van der Waals surface area contributed by atoms with Crippen molar-refractivity contribution in [3.63, 3.8) is 0 Å². The Kier molecular flexibility index (Phi) is 49.4. The number of aliphatic hydroxyl groups is 1. The molecule has 2 unspecified atom stereocenters. The van der Waals surface area contributed by atoms with Gasteiger partial charge in [0.15, 0.2) is 35.1 Å². The highest BCUT2D eigenvalue weighted by molar-refractivity contribution is 8.76. The monoisotopic (exact) mass is 2030 g/mol. The summed E-state index contributed by atoms with van der Waals surface area (Å²) in [7, 11) is 4.65. The van der Waals surface area contributed by atoms with Crippen LogP contribution in [0.3, 0.4) is 0 Å². The predicted molar refractivity (Wildman–Crippen MR) is 508 cm³/mol. The zero-order valence-corrected chi connectivity index (χ0v) is 83.7. The molecule has 0 spiro atoms. The smallest absolute Gasteiger partial charge is 0.481 e. The highest BCUT2D eigenvalue weighted by atomic mass is 33.1. The predicted octanol–water partition coefficient (Wildman–Crippen LogP) is 4.01. The van der Waals surface area contributed by atoms with Crippen LogP contribution in [0.15, 0.2) is 54.6 Å². The van der Waals surface area contributed by atoms with Crippen LogP contribution in [0.25, 0.3) is 0 Å². The van der Waals surface area contributed by atoms with E-state index in [-0.39, 0.29) is 107 Å². The maximum atomic E-state index is 15.4. The summed E-state index contributed by atoms with van der Waals surface area (Å²) >= 11 is 5.05. The summed E-state index contributed by atoms with van der Waals surface area (Å²) in [4.78, 5) is 292. The number of carbonyl (C=O) groups is 21. The second-order valence-electron chi connectivity index (χ2n) is 36.6. The first-order valence-electron chi connectivity index (χ1n) is 46.6. The van der Waals surface area contributed by atoms with Gasteiger partial charge in [-0.25, -0.2) is 19.2 Å². The summed E-state index contributed by atoms with van der Waals surface area (Å²) in [6.07, 6.45) is -14.9. The van der Waals surface area contributed by atoms with E-state index in [0.717, 1.165) is 37.0 Å². The third-order valence-electron chi connectivity index (χ3n) is 24.2. The number of cyclic esters (lactones) is 2. The summed E-state index contributed by atoms with van der Waals surface area (Å²) in [5, 5.41) is 78.2. The van der Waals surface area contributed by atoms with Crippen LogP contribution in [0.5, 0.6) is 0 Å². The molecule has 13 N–H and O–H groups in total. The van der Waals surface area contributed by atoms with E-state index < -0.39 is 302 Å². The lowest BCUT2D eigenvalue weighted by molar-refractivity contribution is -0.163. The number of hydrogen-bond acceptors (Lipinski definition) is 30. The Bertz CT molecular complexity index is 4680. The molecule has 3 heterocycles. The fourth-order valence-electron chi connectivity index (χ4n) is 16.1. The molecule has 0 aromatic heterocycles. The standard InChI is InChI=1S/C94H135N11O32S3/c1-15-53(9)77-71(109)46-76(115)137-80(51(6)7)79(116)54(10)81(117)97-65(39-49(2)3)86(122)105-36-20-24-67(105)88(124)103(14)69(42-58-27-25-52(8)26-28-58)92(131)135-55(11)78(84(120)100-77)101-83(119)68(40-50(4)5)102(13)87(123)66-23-19-35-104(66)85(121)56(12)136-94(132)133-37-38-139-140-47-60(89(125)126)44-70(108)64(41-57-21-17-16-18-22-57)96-82(118)59(45-75(113)114)43-61(107)29-30-62(90(127)128)95-72(110)32-31-63(91(129)130)98-93(138)99-73(134-48-106)33-34-74(111)112/h16-18,21-22,25-28,48-51,53-56,59-60,62-69,71,73,77-78,80,109H,15,19-20,23-24,29-47H2,1-14H3,(H,95,110)(H,96,118)(H,97,117)(H,100,120)(H,101,119)(H,111,112)(H,113,114)(H,125,126)(H,127,128)(H,129,130)(H2,98,99,138)/t53-,54-,55+,56-,59+,60+,62+,63-,64+,65?,66?,67-,68+,69-,71-,73+,77+,78-,80-/m1/s1. The average molecular weight is 2030 g/mol. The number of thiocarbonyl (C=S) groups is 1. The maximum Gasteiger partial charge on any atom is 0.509 e. The number of likely N-dealkylation sites (tertiary alicyclic amines) is 1. The van der Waals surface area contributed by atoms with Gasteiger partial charge in [0, 0.05) is 77.2 Å². The van der Waals surface area contributed by atoms with Gasteiger partial charge in [-0.15, -0.1) is 0 Å². The van der Waals surface area contributed by atoms with E-state index in [9.17, 15) is 102 Å². The van der Waals surface area contributed by atoms with Crippen LogP contribution in [-0.2, 0) is 132 Å². The normalized spacial score (nSPS) is 21.7. The van der Waals surface area contributed by atoms with Crippen LogP contribution in [0, 0.1) is 48.3 Å². The van der Waals surface area contributed by atoms with Gasteiger partial charge >= 0.3 is 47.9 Å². The van der Waals surface area contributed by atoms with Crippen molar-refractivity contribution in [1.29, 1.82) is 0 Å². The van der Waals surface area contributed by atoms with Crippen molar-refractivity contribution in [3.8, 4) is 0 Å². The average Bonchev–Trinajstić information content (AvgIpc) is 1.60. The first-order valence-corrected chi connectivity index (χ1v) is 49.5. The van der Waals surface area contributed by atoms with Crippen LogP contribution in [-0.4, -0.2) is 317 Å². The fraction of sp³-hybridized carbons (Fsp3) is 0.638. The number of aliphatic hydroxyl groups excluding tert-OH is 1. The number of carboxylic acid groups (broad SMARTS) is 5. The van der Waals surface area contributed by atoms with Gasteiger partial charge in [-0.2, -0.15) is 0 Å². The van der Waals surface area contributed by atoms with Gasteiger partial charge in [0.1, 0.15) is 66.8 Å². The summed E-state index contributed by atoms with van der Waals surface area (Å²) < 4.78 is 27.4. The molecular weight excluding hydrogens is 1890 g/mol. The molecule has 0 bridgehead atoms. The number of hydrogen-bond donors (Lipinski definition) is 13. The van der Waals surface area contributed by atoms with E-state index in [1.807, 2.05) is 20.8 Å². The molecule has 2 aromatic rings. The Morgan fingerprint density at radius 2 is 1.33 bits per heavy atom. The number of amides is 9. The van der Waals surface area contributed by atoms with Crippen LogP contribution >= 0.6 is 33.8 Å². The number of carboxylic acids is 5. The first kappa shape index (κ1) is 119. The highest BCUT2D eigenvalue weighted by Crippen LogP contribution is 2.31. The molecule has 19 atom stereocenters. The number of ketones is 3. The molecule has 0 saturated carbocycles. The third-order valence-corrected chi connectivity index (χ3v) is 26.9. The van der Waals surface area contributed by atoms with Gasteiger partial charge < -0.3 is 111 Å². The third kappa shape index (κ3) is 38.2. The zero-order valence-electron chi connectivity index (χ0n) is 81.3. The Morgan fingerprint density at radius 3 is 1.93 bits per heavy atom. The molecule has 0 radical (unpaired) electrons. The number of ether oxygens (including phenoxy) is 5. The molecule has 3 saturated heterocycles. The van der Waals surface area contributed by atoms with E-state index in [1.54, 1.807) is 96.1 Å². The van der Waals surface area contributed by atoms with Crippen LogP contribution in [0.4, 0.5) is 4.79 Å². The molecule has 3 aliphatic heterocycles. The lowest BCUT2D eigenvalue weighted by Gasteiger charge is -2.36. The van der Waals surface area contributed by atoms with E-state index in [4.69, 9.17) is 41.0 Å². The molecule has 46 heteroatoms. The second-order valence-corrected chi connectivity index (χ2v) is 39.6. The summed E-state index contributed by atoms with van der Waals surface area (Å²) in [6.45, 7) is 19.1. The maximum absolute atomic E-state index is 15.4. The Morgan fingerprint density at radius 1 is 0.686 bits per heavy atom. The molecule has 776 valence electrons. The van der Waals surface area contributed by atoms with Crippen LogP contribution in [0.1, 0.15) is 202 Å². The summed E-state index contributed by atoms with van der Waals surface area (Å²) in [6, 6.07) is 0.454. The van der Waals surface area contributed by atoms with Gasteiger partial charge in [-0.3, -0.25) is 81.5 Å². The number of likely N-dealkylation sites (N-methyl/N-ethyl adjacent to an activating group) is 2. The SMILES string of the molecule is CC[C@@H](C)[C@@H]1NC(=O)[C@H](NC(=O)[C@H](CC(C)C)N(C)C(=O)C2CCCN2C(=O)[C@@H](C)OC(=O)OCCSSC[C@H](CC(=O)[C@H](Cc2ccccc2)NC(=O)[C@H](CC(=O)O)CC(=O)CC[C@H](NC(=O)CC[C@@H](NC(=S)N[C@H](CCC(=O)O)OC=O)C(=O)O)C(=O)O)C(=O)O)[C@H](C)OC(=O)[C@@H](Cc2ccc(C)cc2)N(C)C(=O)[C@H]2CCCN2C(=O)C(CC(C)C)NC(=O)[C@H](C)C(=O)[C@@H](C(C)C)OC(=O)C[C@H]1O. The van der Waals surface area contributed by atoms with Crippen molar-refractivity contribution in [2.45, 2.75) is 296 Å². The Labute approximate surface area is 825 Å². The minimum atomic E-state index is -1.90. The minimum absolute atomic E-state index is 0.00299. The number of nitrogens with one attached hydrogen (secondary N) is 7. The van der Waals surface area contributed by atoms with E-state index in [0.29, 0.717) is 17.5 Å². The number of benzene rings is 2. The number of rotatable bonds is 49. The molecule has 9 amide bonds. The van der Waals surface area contributed by atoms with Crippen molar-refractivity contribution < 1.29 is 155 Å². The van der Waals surface area contributed by atoms with Crippen molar-refractivity contribution in [2.24, 2.45) is 41.4 Å². The highest BCUT2D eigenvalue weighted by Gasteiger charge is 2.48. The topological polar surface area (TPSA) is 623 Å². The zero-order chi connectivity index (χ0) is 105. The van der Waals surface area contributed by atoms with E-state index in [2.05, 4.69) is 37.2 Å². The molecule has 5 rings (SSSR count). The number of aryl methyl sites for hydroxylation is 1. The number of aliphatic carboxylic acids is 5. The van der Waals surface area contributed by atoms with Crippen molar-refractivity contribution in [3.05, 3.63) is 71.3 Å². The molecule has 43 nitrogen and oxygen atoms in total. The van der Waals surface area contributed by atoms with E-state index >= 15 is 24.0 Å². The summed E-state index contributed by atoms with van der Waals surface area (Å²) in [5.41, 5.74) is 1.91. The lowest BCUT2D eigenvalue weighted by Crippen LogP contribution is -2.62. The van der Waals surface area contributed by atoms with Crippen molar-refractivity contribution >= 4 is 164 Å². The Balaban J connectivity index is 1.28. The quantitative estimate of drug-likeness (QED) is 0.00650. The van der Waals surface area contributed by atoms with E-state index in [1.165, 1.54) is 44.7 Å². The fourth-order valence-corrected chi connectivity index (χ4v) is 18.5. The molecule has 3 fully saturated rings. The largest absolute Gasteiger partial charge is 0.509 e. The molecular formula is C94H135N11O32S3. The van der Waals surface area contributed by atoms with Gasteiger partial charge in [-0.05, 0) is 132 Å². The molecule has 2 aromatic carbocycles. The van der Waals surface area contributed by atoms with Gasteiger partial charge in [0.2, 0.25) is 47.3 Å².